The molecular weight excluding hydrogens is 246 g/mol. The third-order valence-electron chi connectivity index (χ3n) is 1.41. The van der Waals surface area contributed by atoms with Crippen LogP contribution in [0.2, 0.25) is 0 Å². The minimum Gasteiger partial charge on any atom is -0.309 e. The van der Waals surface area contributed by atoms with Gasteiger partial charge in [-0.05, 0) is 6.92 Å². The summed E-state index contributed by atoms with van der Waals surface area (Å²) in [4.78, 5) is 0. The van der Waals surface area contributed by atoms with Crippen molar-refractivity contribution < 1.29 is 0 Å². The van der Waals surface area contributed by atoms with E-state index in [9.17, 15) is 0 Å². The van der Waals surface area contributed by atoms with Gasteiger partial charge >= 0.3 is 0 Å². The normalized spacial score (nSPS) is 14.2. The van der Waals surface area contributed by atoms with Crippen molar-refractivity contribution in [3.05, 3.63) is 11.1 Å². The van der Waals surface area contributed by atoms with E-state index in [4.69, 9.17) is 0 Å². The van der Waals surface area contributed by atoms with Gasteiger partial charge in [0.05, 0.1) is 0 Å². The van der Waals surface area contributed by atoms with E-state index >= 15 is 0 Å². The molecule has 0 aliphatic carbocycles. The van der Waals surface area contributed by atoms with E-state index in [2.05, 4.69) is 55.5 Å². The van der Waals surface area contributed by atoms with Crippen molar-refractivity contribution >= 4 is 27.7 Å². The van der Waals surface area contributed by atoms with Crippen LogP contribution in [-0.2, 0) is 0 Å². The second kappa shape index (κ2) is 6.10. The Bertz CT molecular complexity index is 163. The highest BCUT2D eigenvalue weighted by Gasteiger charge is 2.12. The fraction of sp³-hybridized carbons (Fsp3) is 0.800. The molecule has 0 aromatic carbocycles. The summed E-state index contributed by atoms with van der Waals surface area (Å²) in [6.45, 7) is 13.6. The number of hydrogen-bond acceptors (Lipinski definition) is 2. The Morgan fingerprint density at radius 1 is 1.54 bits per heavy atom. The van der Waals surface area contributed by atoms with Gasteiger partial charge in [0.15, 0.2) is 0 Å². The van der Waals surface area contributed by atoms with Crippen LogP contribution in [0.3, 0.4) is 0 Å². The maximum atomic E-state index is 3.78. The van der Waals surface area contributed by atoms with E-state index < -0.39 is 0 Å². The average Bonchev–Trinajstić information content (AvgIpc) is 1.95. The molecule has 0 bridgehead atoms. The van der Waals surface area contributed by atoms with Crippen LogP contribution in [0.5, 0.6) is 0 Å². The molecule has 0 aliphatic heterocycles. The van der Waals surface area contributed by atoms with Crippen molar-refractivity contribution in [1.29, 1.82) is 0 Å². The summed E-state index contributed by atoms with van der Waals surface area (Å²) >= 11 is 5.32. The van der Waals surface area contributed by atoms with Crippen LogP contribution in [0.25, 0.3) is 0 Å². The minimum atomic E-state index is 0.362. The summed E-state index contributed by atoms with van der Waals surface area (Å²) in [5.74, 6) is 1.14. The predicted octanol–water partition coefficient (Wildman–Crippen LogP) is 3.40. The van der Waals surface area contributed by atoms with Gasteiger partial charge < -0.3 is 5.32 Å². The van der Waals surface area contributed by atoms with Gasteiger partial charge in [-0.25, -0.2) is 0 Å². The summed E-state index contributed by atoms with van der Waals surface area (Å²) in [5.41, 5.74) is 0. The molecule has 0 fully saturated rings. The Labute approximate surface area is 94.9 Å². The standard InChI is InChI=1S/C10H20BrNS/c1-8(11)6-12-9(2)7-13-10(3,4)5/h9,12H,1,6-7H2,2-5H3. The van der Waals surface area contributed by atoms with Crippen LogP contribution in [0, 0.1) is 0 Å². The predicted molar refractivity (Wildman–Crippen MR) is 67.7 cm³/mol. The number of nitrogens with one attached hydrogen (secondary N) is 1. The van der Waals surface area contributed by atoms with Gasteiger partial charge in [-0.3, -0.25) is 0 Å². The van der Waals surface area contributed by atoms with Crippen LogP contribution in [0.1, 0.15) is 27.7 Å². The van der Waals surface area contributed by atoms with Gasteiger partial charge in [-0.2, -0.15) is 11.8 Å². The molecule has 0 heterocycles. The summed E-state index contributed by atoms with van der Waals surface area (Å²) in [7, 11) is 0. The first kappa shape index (κ1) is 13.5. The molecular formula is C10H20BrNS. The smallest absolute Gasteiger partial charge is 0.0268 e. The molecule has 0 amide bonds. The lowest BCUT2D eigenvalue weighted by atomic mass is 10.3. The van der Waals surface area contributed by atoms with Crippen molar-refractivity contribution in [3.63, 3.8) is 0 Å². The fourth-order valence-electron chi connectivity index (χ4n) is 0.719. The monoisotopic (exact) mass is 265 g/mol. The average molecular weight is 266 g/mol. The number of halogens is 1. The van der Waals surface area contributed by atoms with Crippen LogP contribution in [0.4, 0.5) is 0 Å². The minimum absolute atomic E-state index is 0.362. The van der Waals surface area contributed by atoms with Crippen molar-refractivity contribution in [2.24, 2.45) is 0 Å². The molecule has 0 spiro atoms. The molecule has 13 heavy (non-hydrogen) atoms. The van der Waals surface area contributed by atoms with E-state index in [1.165, 1.54) is 0 Å². The Morgan fingerprint density at radius 2 is 2.08 bits per heavy atom. The van der Waals surface area contributed by atoms with Gasteiger partial charge in [-0.15, -0.1) is 0 Å². The van der Waals surface area contributed by atoms with Gasteiger partial charge in [0.25, 0.3) is 0 Å². The number of hydrogen-bond donors (Lipinski definition) is 1. The van der Waals surface area contributed by atoms with E-state index in [-0.39, 0.29) is 0 Å². The van der Waals surface area contributed by atoms with Crippen LogP contribution in [0.15, 0.2) is 11.1 Å². The van der Waals surface area contributed by atoms with Crippen molar-refractivity contribution in [2.45, 2.75) is 38.5 Å². The second-order valence-electron chi connectivity index (χ2n) is 4.22. The molecule has 0 saturated heterocycles. The summed E-state index contributed by atoms with van der Waals surface area (Å²) in [6.07, 6.45) is 0. The maximum Gasteiger partial charge on any atom is 0.0268 e. The Morgan fingerprint density at radius 3 is 2.46 bits per heavy atom. The Hall–Kier alpha value is 0.530. The van der Waals surface area contributed by atoms with E-state index in [0.29, 0.717) is 10.8 Å². The molecule has 78 valence electrons. The third-order valence-corrected chi connectivity index (χ3v) is 3.22. The van der Waals surface area contributed by atoms with Gasteiger partial charge in [0, 0.05) is 27.6 Å². The maximum absolute atomic E-state index is 3.78. The molecule has 0 saturated carbocycles. The van der Waals surface area contributed by atoms with Crippen molar-refractivity contribution in [1.82, 2.24) is 5.32 Å². The first-order valence-corrected chi connectivity index (χ1v) is 6.30. The zero-order valence-corrected chi connectivity index (χ0v) is 11.4. The van der Waals surface area contributed by atoms with Crippen molar-refractivity contribution in [2.75, 3.05) is 12.3 Å². The van der Waals surface area contributed by atoms with Crippen molar-refractivity contribution in [3.8, 4) is 0 Å². The first-order valence-electron chi connectivity index (χ1n) is 4.52. The summed E-state index contributed by atoms with van der Waals surface area (Å²) < 4.78 is 1.38. The van der Waals surface area contributed by atoms with E-state index in [1.54, 1.807) is 0 Å². The number of rotatable bonds is 5. The van der Waals surface area contributed by atoms with Gasteiger partial charge in [0.2, 0.25) is 0 Å². The van der Waals surface area contributed by atoms with Gasteiger partial charge in [-0.1, -0.05) is 43.3 Å². The SMILES string of the molecule is C=C(Br)CNC(C)CSC(C)(C)C. The molecule has 1 atom stereocenters. The highest BCUT2D eigenvalue weighted by molar-refractivity contribution is 9.11. The largest absolute Gasteiger partial charge is 0.309 e. The molecule has 0 rings (SSSR count). The molecule has 0 radical (unpaired) electrons. The molecule has 0 aromatic rings. The topological polar surface area (TPSA) is 12.0 Å². The highest BCUT2D eigenvalue weighted by Crippen LogP contribution is 2.23. The number of thioether (sulfide) groups is 1. The lowest BCUT2D eigenvalue weighted by Gasteiger charge is -2.21. The Kier molecular flexibility index (Phi) is 6.34. The molecule has 1 nitrogen and oxygen atoms in total. The molecule has 0 aliphatic rings. The van der Waals surface area contributed by atoms with Crippen LogP contribution in [-0.4, -0.2) is 23.1 Å². The van der Waals surface area contributed by atoms with Gasteiger partial charge in [0.1, 0.15) is 0 Å². The summed E-state index contributed by atoms with van der Waals surface area (Å²) in [5, 5.41) is 3.39. The molecule has 1 N–H and O–H groups in total. The molecule has 1 unspecified atom stereocenters. The quantitative estimate of drug-likeness (QED) is 0.818. The highest BCUT2D eigenvalue weighted by atomic mass is 79.9. The molecule has 3 heteroatoms. The summed E-state index contributed by atoms with van der Waals surface area (Å²) in [6, 6.07) is 0.540. The fourth-order valence-corrected chi connectivity index (χ4v) is 1.75. The van der Waals surface area contributed by atoms with Crippen LogP contribution >= 0.6 is 27.7 Å². The lowest BCUT2D eigenvalue weighted by molar-refractivity contribution is 0.635. The lowest BCUT2D eigenvalue weighted by Crippen LogP contribution is -2.30. The zero-order chi connectivity index (χ0) is 10.5. The third kappa shape index (κ3) is 10.5. The first-order chi connectivity index (χ1) is 5.81. The Balaban J connectivity index is 3.52. The van der Waals surface area contributed by atoms with E-state index in [1.807, 2.05) is 11.8 Å². The zero-order valence-electron chi connectivity index (χ0n) is 8.98. The molecule has 0 aromatic heterocycles. The van der Waals surface area contributed by atoms with Crippen LogP contribution < -0.4 is 5.32 Å². The second-order valence-corrected chi connectivity index (χ2v) is 7.19. The van der Waals surface area contributed by atoms with E-state index in [0.717, 1.165) is 16.8 Å².